The van der Waals surface area contributed by atoms with Crippen molar-refractivity contribution in [3.8, 4) is 0 Å². The molecule has 0 saturated carbocycles. The fourth-order valence-corrected chi connectivity index (χ4v) is 1.90. The molecule has 1 aliphatic rings. The van der Waals surface area contributed by atoms with Crippen LogP contribution < -0.4 is 0 Å². The van der Waals surface area contributed by atoms with Crippen molar-refractivity contribution in [3.63, 3.8) is 0 Å². The Balaban J connectivity index is 2.42. The van der Waals surface area contributed by atoms with E-state index in [-0.39, 0.29) is 11.1 Å². The summed E-state index contributed by atoms with van der Waals surface area (Å²) in [5, 5.41) is 0.194. The van der Waals surface area contributed by atoms with Crippen LogP contribution in [0.25, 0.3) is 0 Å². The summed E-state index contributed by atoms with van der Waals surface area (Å²) in [7, 11) is -1.73. The first-order valence-corrected chi connectivity index (χ1v) is 9.09. The van der Waals surface area contributed by atoms with Gasteiger partial charge >= 0.3 is 6.09 Å². The molecule has 1 heterocycles. The average molecular weight is 269 g/mol. The van der Waals surface area contributed by atoms with Crippen LogP contribution in [0.15, 0.2) is 24.6 Å². The van der Waals surface area contributed by atoms with E-state index in [1.165, 1.54) is 4.90 Å². The zero-order valence-electron chi connectivity index (χ0n) is 11.9. The van der Waals surface area contributed by atoms with E-state index >= 15 is 0 Å². The number of hydrogen-bond acceptors (Lipinski definition) is 3. The number of allylic oxidation sites excluding steroid dienone is 2. The minimum Gasteiger partial charge on any atom is -0.549 e. The maximum absolute atomic E-state index is 11.1. The Morgan fingerprint density at radius 3 is 2.50 bits per heavy atom. The van der Waals surface area contributed by atoms with Gasteiger partial charge in [-0.05, 0) is 30.3 Å². The summed E-state index contributed by atoms with van der Waals surface area (Å²) in [5.41, 5.74) is 0. The normalized spacial score (nSPS) is 17.8. The smallest absolute Gasteiger partial charge is 0.413 e. The summed E-state index contributed by atoms with van der Waals surface area (Å²) in [6.45, 7) is 12.1. The zero-order chi connectivity index (χ0) is 13.8. The number of carbonyl (C=O) groups excluding carboxylic acids is 1. The molecular formula is C13H23NO3Si. The quantitative estimate of drug-likeness (QED) is 0.445. The molecule has 1 fully saturated rings. The predicted molar refractivity (Wildman–Crippen MR) is 74.6 cm³/mol. The van der Waals surface area contributed by atoms with Crippen molar-refractivity contribution < 1.29 is 14.0 Å². The molecule has 0 unspecified atom stereocenters. The Kier molecular flexibility index (Phi) is 4.62. The minimum atomic E-state index is -1.73. The standard InChI is InChI=1S/C13H23NO3Si/c1-13(2,3)18(4,5)17-10-7-6-8-14-9-11-16-12(14)15/h6-8,10H,9,11H2,1-5H3/b8-6+,10-7+. The first-order valence-electron chi connectivity index (χ1n) is 6.18. The van der Waals surface area contributed by atoms with E-state index in [0.717, 1.165) is 0 Å². The second kappa shape index (κ2) is 5.61. The Hall–Kier alpha value is -1.23. The molecule has 0 N–H and O–H groups in total. The second-order valence-electron chi connectivity index (χ2n) is 5.86. The topological polar surface area (TPSA) is 38.8 Å². The van der Waals surface area contributed by atoms with Crippen molar-refractivity contribution in [2.75, 3.05) is 13.2 Å². The molecule has 18 heavy (non-hydrogen) atoms. The van der Waals surface area contributed by atoms with Gasteiger partial charge in [0.15, 0.2) is 0 Å². The third-order valence-corrected chi connectivity index (χ3v) is 7.75. The molecule has 1 rings (SSSR count). The van der Waals surface area contributed by atoms with Crippen molar-refractivity contribution >= 4 is 14.4 Å². The second-order valence-corrected chi connectivity index (χ2v) is 10.6. The maximum Gasteiger partial charge on any atom is 0.413 e. The van der Waals surface area contributed by atoms with Gasteiger partial charge in [0.25, 0.3) is 0 Å². The summed E-state index contributed by atoms with van der Waals surface area (Å²) in [6, 6.07) is 0. The van der Waals surface area contributed by atoms with Gasteiger partial charge in [0, 0.05) is 6.20 Å². The van der Waals surface area contributed by atoms with Crippen LogP contribution in [0.2, 0.25) is 18.1 Å². The van der Waals surface area contributed by atoms with Crippen molar-refractivity contribution in [2.45, 2.75) is 38.9 Å². The van der Waals surface area contributed by atoms with Crippen LogP contribution in [-0.2, 0) is 9.16 Å². The van der Waals surface area contributed by atoms with E-state index in [4.69, 9.17) is 9.16 Å². The predicted octanol–water partition coefficient (Wildman–Crippen LogP) is 3.49. The summed E-state index contributed by atoms with van der Waals surface area (Å²) in [5.74, 6) is 0. The average Bonchev–Trinajstić information content (AvgIpc) is 2.62. The SMILES string of the molecule is CC(C)(C)[Si](C)(C)O/C=C/C=C/N1CCOC1=O. The van der Waals surface area contributed by atoms with Gasteiger partial charge in [0.2, 0.25) is 8.32 Å². The van der Waals surface area contributed by atoms with Gasteiger partial charge < -0.3 is 9.16 Å². The largest absolute Gasteiger partial charge is 0.549 e. The van der Waals surface area contributed by atoms with Crippen LogP contribution in [-0.4, -0.2) is 32.5 Å². The molecule has 0 atom stereocenters. The van der Waals surface area contributed by atoms with E-state index in [9.17, 15) is 4.79 Å². The monoisotopic (exact) mass is 269 g/mol. The molecule has 1 amide bonds. The molecule has 4 nitrogen and oxygen atoms in total. The Labute approximate surface area is 110 Å². The summed E-state index contributed by atoms with van der Waals surface area (Å²) in [6.07, 6.45) is 6.74. The lowest BCUT2D eigenvalue weighted by molar-refractivity contribution is 0.166. The van der Waals surface area contributed by atoms with Crippen LogP contribution in [0.3, 0.4) is 0 Å². The first-order chi connectivity index (χ1) is 8.24. The number of ether oxygens (including phenoxy) is 1. The lowest BCUT2D eigenvalue weighted by Crippen LogP contribution is -2.39. The van der Waals surface area contributed by atoms with Gasteiger partial charge in [-0.3, -0.25) is 4.90 Å². The van der Waals surface area contributed by atoms with E-state index < -0.39 is 8.32 Å². The Morgan fingerprint density at radius 1 is 1.33 bits per heavy atom. The fourth-order valence-electron chi connectivity index (χ4n) is 1.13. The number of hydrogen-bond donors (Lipinski definition) is 0. The summed E-state index contributed by atoms with van der Waals surface area (Å²) >= 11 is 0. The van der Waals surface area contributed by atoms with Crippen molar-refractivity contribution in [3.05, 3.63) is 24.6 Å². The number of rotatable bonds is 4. The Morgan fingerprint density at radius 2 is 2.00 bits per heavy atom. The highest BCUT2D eigenvalue weighted by atomic mass is 28.4. The molecule has 0 spiro atoms. The van der Waals surface area contributed by atoms with Gasteiger partial charge in [0.05, 0.1) is 12.8 Å². The van der Waals surface area contributed by atoms with Gasteiger partial charge in [-0.2, -0.15) is 0 Å². The molecule has 0 aromatic carbocycles. The first kappa shape index (κ1) is 14.8. The molecule has 1 aliphatic heterocycles. The van der Waals surface area contributed by atoms with Crippen molar-refractivity contribution in [1.29, 1.82) is 0 Å². The van der Waals surface area contributed by atoms with E-state index in [1.807, 2.05) is 6.08 Å². The zero-order valence-corrected chi connectivity index (χ0v) is 12.9. The highest BCUT2D eigenvalue weighted by molar-refractivity contribution is 6.74. The van der Waals surface area contributed by atoms with Crippen LogP contribution >= 0.6 is 0 Å². The van der Waals surface area contributed by atoms with Crippen LogP contribution in [0.1, 0.15) is 20.8 Å². The summed E-state index contributed by atoms with van der Waals surface area (Å²) < 4.78 is 10.7. The van der Waals surface area contributed by atoms with Gasteiger partial charge in [-0.15, -0.1) is 0 Å². The number of nitrogens with zero attached hydrogens (tertiary/aromatic N) is 1. The maximum atomic E-state index is 11.1. The lowest BCUT2D eigenvalue weighted by Gasteiger charge is -2.34. The van der Waals surface area contributed by atoms with Gasteiger partial charge in [-0.1, -0.05) is 20.8 Å². The summed E-state index contributed by atoms with van der Waals surface area (Å²) in [4.78, 5) is 12.7. The van der Waals surface area contributed by atoms with Crippen molar-refractivity contribution in [1.82, 2.24) is 4.90 Å². The number of cyclic esters (lactones) is 1. The van der Waals surface area contributed by atoms with E-state index in [0.29, 0.717) is 13.2 Å². The fraction of sp³-hybridized carbons (Fsp3) is 0.615. The third kappa shape index (κ3) is 3.91. The molecule has 0 bridgehead atoms. The van der Waals surface area contributed by atoms with Crippen LogP contribution in [0, 0.1) is 0 Å². The van der Waals surface area contributed by atoms with E-state index in [2.05, 4.69) is 33.9 Å². The lowest BCUT2D eigenvalue weighted by atomic mass is 10.2. The molecule has 0 aromatic rings. The Bertz CT molecular complexity index is 356. The highest BCUT2D eigenvalue weighted by Crippen LogP contribution is 2.36. The number of amides is 1. The molecular weight excluding hydrogens is 246 g/mol. The molecule has 0 radical (unpaired) electrons. The molecule has 0 aliphatic carbocycles. The van der Waals surface area contributed by atoms with Crippen molar-refractivity contribution in [2.24, 2.45) is 0 Å². The van der Waals surface area contributed by atoms with Crippen LogP contribution in [0.4, 0.5) is 4.79 Å². The molecule has 102 valence electrons. The highest BCUT2D eigenvalue weighted by Gasteiger charge is 2.37. The molecule has 5 heteroatoms. The van der Waals surface area contributed by atoms with E-state index in [1.54, 1.807) is 18.5 Å². The third-order valence-electron chi connectivity index (χ3n) is 3.42. The molecule has 1 saturated heterocycles. The number of carbonyl (C=O) groups is 1. The van der Waals surface area contributed by atoms with Gasteiger partial charge in [0.1, 0.15) is 6.61 Å². The van der Waals surface area contributed by atoms with Crippen LogP contribution in [0.5, 0.6) is 0 Å². The minimum absolute atomic E-state index is 0.194. The van der Waals surface area contributed by atoms with Gasteiger partial charge in [-0.25, -0.2) is 4.79 Å². The molecule has 0 aromatic heterocycles.